The molecule has 0 aromatic carbocycles. The molecule has 0 spiro atoms. The summed E-state index contributed by atoms with van der Waals surface area (Å²) < 4.78 is 0. The van der Waals surface area contributed by atoms with E-state index in [1.54, 1.807) is 0 Å². The molecule has 0 radical (unpaired) electrons. The summed E-state index contributed by atoms with van der Waals surface area (Å²) in [5, 5.41) is 3.56. The summed E-state index contributed by atoms with van der Waals surface area (Å²) in [4.78, 5) is 3.80. The van der Waals surface area contributed by atoms with Crippen molar-refractivity contribution in [3.05, 3.63) is 22.4 Å². The lowest BCUT2D eigenvalue weighted by molar-refractivity contribution is 1.33. The third-order valence-electron chi connectivity index (χ3n) is 1.08. The fourth-order valence-electron chi connectivity index (χ4n) is 0.632. The van der Waals surface area contributed by atoms with Crippen LogP contribution in [0.25, 0.3) is 0 Å². The van der Waals surface area contributed by atoms with E-state index in [2.05, 4.69) is 22.5 Å². The highest BCUT2D eigenvalue weighted by atomic mass is 35.5. The number of nitrogens with zero attached hydrogens (tertiary/aromatic N) is 1. The van der Waals surface area contributed by atoms with Gasteiger partial charge < -0.3 is 11.1 Å². The number of nitrogens with one attached hydrogen (secondary N) is 1. The fourth-order valence-corrected chi connectivity index (χ4v) is 1.16. The molecule has 1 heterocycles. The Morgan fingerprint density at radius 3 is 2.75 bits per heavy atom. The lowest BCUT2D eigenvalue weighted by Crippen LogP contribution is -2.19. The van der Waals surface area contributed by atoms with Crippen molar-refractivity contribution in [2.45, 2.75) is 0 Å². The quantitative estimate of drug-likeness (QED) is 0.564. The van der Waals surface area contributed by atoms with Crippen molar-refractivity contribution in [3.63, 3.8) is 0 Å². The van der Waals surface area contributed by atoms with Gasteiger partial charge in [-0.15, -0.1) is 0 Å². The Labute approximate surface area is 84.9 Å². The molecule has 0 bridgehead atoms. The molecule has 0 atom stereocenters. The molecular weight excluding hydrogens is 217 g/mol. The number of hydrogen-bond acceptors (Lipinski definition) is 2. The normalized spacial score (nSPS) is 9.50. The van der Waals surface area contributed by atoms with E-state index in [-0.39, 0.29) is 5.11 Å². The van der Waals surface area contributed by atoms with Crippen LogP contribution in [0.3, 0.4) is 0 Å². The summed E-state index contributed by atoms with van der Waals surface area (Å²) in [6, 6.07) is 1.50. The Morgan fingerprint density at radius 2 is 2.25 bits per heavy atom. The van der Waals surface area contributed by atoms with Gasteiger partial charge in [-0.05, 0) is 18.3 Å². The maximum Gasteiger partial charge on any atom is 0.168 e. The zero-order valence-corrected chi connectivity index (χ0v) is 8.17. The van der Waals surface area contributed by atoms with Crippen molar-refractivity contribution in [1.29, 1.82) is 0 Å². The zero-order valence-electron chi connectivity index (χ0n) is 5.84. The number of anilines is 1. The molecule has 1 aromatic rings. The van der Waals surface area contributed by atoms with Gasteiger partial charge in [0.25, 0.3) is 0 Å². The molecule has 0 saturated heterocycles. The zero-order chi connectivity index (χ0) is 9.14. The Balaban J connectivity index is 2.93. The van der Waals surface area contributed by atoms with Crippen LogP contribution < -0.4 is 11.1 Å². The van der Waals surface area contributed by atoms with Gasteiger partial charge in [-0.25, -0.2) is 4.98 Å². The first kappa shape index (κ1) is 9.51. The van der Waals surface area contributed by atoms with Crippen LogP contribution >= 0.6 is 35.4 Å². The minimum atomic E-state index is 0.140. The third kappa shape index (κ3) is 2.48. The van der Waals surface area contributed by atoms with Gasteiger partial charge in [0.1, 0.15) is 5.15 Å². The number of aromatic nitrogens is 1. The first-order valence-corrected chi connectivity index (χ1v) is 4.13. The van der Waals surface area contributed by atoms with Crippen molar-refractivity contribution < 1.29 is 0 Å². The topological polar surface area (TPSA) is 50.9 Å². The largest absolute Gasteiger partial charge is 0.376 e. The maximum atomic E-state index is 5.77. The van der Waals surface area contributed by atoms with Crippen LogP contribution in [-0.2, 0) is 0 Å². The summed E-state index contributed by atoms with van der Waals surface area (Å²) in [7, 11) is 0. The highest BCUT2D eigenvalue weighted by Gasteiger charge is 2.01. The average molecular weight is 222 g/mol. The molecule has 1 rings (SSSR count). The lowest BCUT2D eigenvalue weighted by atomic mass is 10.4. The van der Waals surface area contributed by atoms with Gasteiger partial charge in [-0.1, -0.05) is 23.2 Å². The standard InChI is InChI=1S/C6H5Cl2N3S/c7-3-1-5(8)10-2-4(3)11-6(9)12/h1-2H,(H3,9,11,12). The van der Waals surface area contributed by atoms with E-state index in [9.17, 15) is 0 Å². The summed E-state index contributed by atoms with van der Waals surface area (Å²) in [5.74, 6) is 0. The lowest BCUT2D eigenvalue weighted by Gasteiger charge is -2.04. The molecule has 0 unspecified atom stereocenters. The molecule has 0 amide bonds. The molecule has 6 heteroatoms. The molecule has 64 valence electrons. The molecule has 0 aliphatic rings. The molecular formula is C6H5Cl2N3S. The van der Waals surface area contributed by atoms with Crippen molar-refractivity contribution in [2.75, 3.05) is 5.32 Å². The molecule has 0 aliphatic heterocycles. The number of pyridine rings is 1. The van der Waals surface area contributed by atoms with Crippen LogP contribution in [0.15, 0.2) is 12.3 Å². The molecule has 3 N–H and O–H groups in total. The average Bonchev–Trinajstić information content (AvgIpc) is 1.94. The predicted molar refractivity (Wildman–Crippen MR) is 54.7 cm³/mol. The number of thiocarbonyl (C=S) groups is 1. The van der Waals surface area contributed by atoms with Gasteiger partial charge in [0, 0.05) is 0 Å². The monoisotopic (exact) mass is 221 g/mol. The Hall–Kier alpha value is -0.580. The van der Waals surface area contributed by atoms with E-state index >= 15 is 0 Å². The van der Waals surface area contributed by atoms with Crippen LogP contribution in [-0.4, -0.2) is 10.1 Å². The van der Waals surface area contributed by atoms with Crippen molar-refractivity contribution in [1.82, 2.24) is 4.98 Å². The molecule has 3 nitrogen and oxygen atoms in total. The van der Waals surface area contributed by atoms with Crippen LogP contribution in [0.1, 0.15) is 0 Å². The molecule has 1 aromatic heterocycles. The molecule has 12 heavy (non-hydrogen) atoms. The summed E-state index contributed by atoms with van der Waals surface area (Å²) in [6.45, 7) is 0. The smallest absolute Gasteiger partial charge is 0.168 e. The van der Waals surface area contributed by atoms with Gasteiger partial charge in [-0.3, -0.25) is 0 Å². The minimum absolute atomic E-state index is 0.140. The Kier molecular flexibility index (Phi) is 3.08. The minimum Gasteiger partial charge on any atom is -0.376 e. The third-order valence-corrected chi connectivity index (χ3v) is 1.70. The van der Waals surface area contributed by atoms with Crippen molar-refractivity contribution in [3.8, 4) is 0 Å². The van der Waals surface area contributed by atoms with Crippen molar-refractivity contribution >= 4 is 46.2 Å². The van der Waals surface area contributed by atoms with Gasteiger partial charge >= 0.3 is 0 Å². The summed E-state index contributed by atoms with van der Waals surface area (Å²) in [6.07, 6.45) is 1.46. The highest BCUT2D eigenvalue weighted by Crippen LogP contribution is 2.22. The summed E-state index contributed by atoms with van der Waals surface area (Å²) >= 11 is 16.0. The molecule has 0 fully saturated rings. The van der Waals surface area contributed by atoms with E-state index in [1.165, 1.54) is 12.3 Å². The maximum absolute atomic E-state index is 5.77. The highest BCUT2D eigenvalue weighted by molar-refractivity contribution is 7.80. The number of hydrogen-bond donors (Lipinski definition) is 2. The first-order valence-electron chi connectivity index (χ1n) is 2.97. The van der Waals surface area contributed by atoms with E-state index < -0.39 is 0 Å². The van der Waals surface area contributed by atoms with E-state index in [4.69, 9.17) is 28.9 Å². The Bertz CT molecular complexity index is 316. The Morgan fingerprint density at radius 1 is 1.58 bits per heavy atom. The van der Waals surface area contributed by atoms with Gasteiger partial charge in [0.15, 0.2) is 5.11 Å². The van der Waals surface area contributed by atoms with E-state index in [0.29, 0.717) is 15.9 Å². The van der Waals surface area contributed by atoms with Crippen LogP contribution in [0.5, 0.6) is 0 Å². The first-order chi connectivity index (χ1) is 5.59. The van der Waals surface area contributed by atoms with Gasteiger partial charge in [0.05, 0.1) is 16.9 Å². The van der Waals surface area contributed by atoms with E-state index in [1.807, 2.05) is 0 Å². The SMILES string of the molecule is NC(=S)Nc1cnc(Cl)cc1Cl. The van der Waals surface area contributed by atoms with Crippen molar-refractivity contribution in [2.24, 2.45) is 5.73 Å². The number of nitrogens with two attached hydrogens (primary N) is 1. The second kappa shape index (κ2) is 3.89. The number of halogens is 2. The van der Waals surface area contributed by atoms with Crippen LogP contribution in [0, 0.1) is 0 Å². The second-order valence-electron chi connectivity index (χ2n) is 1.98. The fraction of sp³-hybridized carbons (Fsp3) is 0. The molecule has 0 aliphatic carbocycles. The van der Waals surface area contributed by atoms with Gasteiger partial charge in [0.2, 0.25) is 0 Å². The van der Waals surface area contributed by atoms with Crippen LogP contribution in [0.4, 0.5) is 5.69 Å². The predicted octanol–water partition coefficient (Wildman–Crippen LogP) is 2.04. The summed E-state index contributed by atoms with van der Waals surface area (Å²) in [5.41, 5.74) is 5.78. The van der Waals surface area contributed by atoms with Crippen LogP contribution in [0.2, 0.25) is 10.2 Å². The van der Waals surface area contributed by atoms with E-state index in [0.717, 1.165) is 0 Å². The van der Waals surface area contributed by atoms with Gasteiger partial charge in [-0.2, -0.15) is 0 Å². The second-order valence-corrected chi connectivity index (χ2v) is 3.21. The molecule has 0 saturated carbocycles. The number of rotatable bonds is 1.